The van der Waals surface area contributed by atoms with Gasteiger partial charge < -0.3 is 9.47 Å². The minimum Gasteiger partial charge on any atom is -0.486 e. The molecule has 0 bridgehead atoms. The lowest BCUT2D eigenvalue weighted by atomic mass is 10.1. The van der Waals surface area contributed by atoms with Gasteiger partial charge in [-0.1, -0.05) is 17.7 Å². The van der Waals surface area contributed by atoms with E-state index in [1.807, 2.05) is 0 Å². The van der Waals surface area contributed by atoms with Gasteiger partial charge in [-0.25, -0.2) is 17.5 Å². The molecule has 0 aliphatic carbocycles. The monoisotopic (exact) mass is 371 g/mol. The average Bonchev–Trinajstić information content (AvgIpc) is 2.56. The number of ether oxygens (including phenoxy) is 2. The molecule has 3 rings (SSSR count). The summed E-state index contributed by atoms with van der Waals surface area (Å²) in [6, 6.07) is 7.98. The summed E-state index contributed by atoms with van der Waals surface area (Å²) >= 11 is 5.66. The molecular formula is C16H15ClFNO4S. The van der Waals surface area contributed by atoms with Crippen LogP contribution < -0.4 is 14.2 Å². The number of sulfonamides is 1. The molecular weight excluding hydrogens is 357 g/mol. The minimum absolute atomic E-state index is 0.0988. The summed E-state index contributed by atoms with van der Waals surface area (Å²) in [7, 11) is -3.84. The van der Waals surface area contributed by atoms with Crippen LogP contribution in [-0.2, 0) is 10.0 Å². The lowest BCUT2D eigenvalue weighted by Gasteiger charge is -2.21. The van der Waals surface area contributed by atoms with Crippen LogP contribution >= 0.6 is 11.6 Å². The number of halogens is 2. The van der Waals surface area contributed by atoms with E-state index in [1.165, 1.54) is 6.07 Å². The van der Waals surface area contributed by atoms with Gasteiger partial charge in [0.05, 0.1) is 9.92 Å². The molecule has 1 heterocycles. The first-order valence-electron chi connectivity index (χ1n) is 7.24. The normalized spacial score (nSPS) is 15.1. The maximum Gasteiger partial charge on any atom is 0.241 e. The zero-order chi connectivity index (χ0) is 17.3. The number of rotatable bonds is 4. The molecule has 0 saturated heterocycles. The van der Waals surface area contributed by atoms with Gasteiger partial charge in [-0.2, -0.15) is 0 Å². The Morgan fingerprint density at radius 2 is 1.83 bits per heavy atom. The van der Waals surface area contributed by atoms with E-state index in [-0.39, 0.29) is 9.92 Å². The SMILES string of the molecule is C[C@@H](NS(=O)(=O)c1ccc(F)c(Cl)c1)c1ccc2c(c1)OCCO2. The molecule has 1 aliphatic heterocycles. The van der Waals surface area contributed by atoms with Crippen LogP contribution in [0.2, 0.25) is 5.02 Å². The minimum atomic E-state index is -3.84. The summed E-state index contributed by atoms with van der Waals surface area (Å²) in [4.78, 5) is -0.0988. The van der Waals surface area contributed by atoms with Crippen molar-refractivity contribution >= 4 is 21.6 Å². The third kappa shape index (κ3) is 3.48. The molecule has 128 valence electrons. The van der Waals surface area contributed by atoms with Crippen molar-refractivity contribution in [1.29, 1.82) is 0 Å². The zero-order valence-corrected chi connectivity index (χ0v) is 14.3. The Bertz CT molecular complexity index is 872. The first-order valence-corrected chi connectivity index (χ1v) is 9.10. The van der Waals surface area contributed by atoms with E-state index in [1.54, 1.807) is 25.1 Å². The van der Waals surface area contributed by atoms with Gasteiger partial charge in [-0.3, -0.25) is 0 Å². The van der Waals surface area contributed by atoms with Gasteiger partial charge in [0.15, 0.2) is 11.5 Å². The van der Waals surface area contributed by atoms with Crippen molar-refractivity contribution in [2.24, 2.45) is 0 Å². The highest BCUT2D eigenvalue weighted by atomic mass is 35.5. The molecule has 24 heavy (non-hydrogen) atoms. The Balaban J connectivity index is 1.82. The highest BCUT2D eigenvalue weighted by Crippen LogP contribution is 2.33. The molecule has 0 saturated carbocycles. The van der Waals surface area contributed by atoms with Crippen LogP contribution in [0.1, 0.15) is 18.5 Å². The lowest BCUT2D eigenvalue weighted by Crippen LogP contribution is -2.27. The topological polar surface area (TPSA) is 64.6 Å². The van der Waals surface area contributed by atoms with E-state index in [2.05, 4.69) is 4.72 Å². The molecule has 0 unspecified atom stereocenters. The van der Waals surface area contributed by atoms with Crippen molar-refractivity contribution in [3.05, 3.63) is 52.8 Å². The molecule has 2 aromatic carbocycles. The molecule has 8 heteroatoms. The van der Waals surface area contributed by atoms with Gasteiger partial charge in [0, 0.05) is 6.04 Å². The number of benzene rings is 2. The molecule has 1 aliphatic rings. The molecule has 1 N–H and O–H groups in total. The zero-order valence-electron chi connectivity index (χ0n) is 12.8. The van der Waals surface area contributed by atoms with Crippen LogP contribution in [0.3, 0.4) is 0 Å². The van der Waals surface area contributed by atoms with E-state index in [9.17, 15) is 12.8 Å². The molecule has 0 aromatic heterocycles. The first-order chi connectivity index (χ1) is 11.4. The number of hydrogen-bond donors (Lipinski definition) is 1. The van der Waals surface area contributed by atoms with Gasteiger partial charge >= 0.3 is 0 Å². The van der Waals surface area contributed by atoms with Crippen molar-refractivity contribution in [3.8, 4) is 11.5 Å². The molecule has 5 nitrogen and oxygen atoms in total. The van der Waals surface area contributed by atoms with Crippen LogP contribution in [0.5, 0.6) is 11.5 Å². The Labute approximate surface area is 144 Å². The summed E-state index contributed by atoms with van der Waals surface area (Å²) < 4.78 is 51.5. The van der Waals surface area contributed by atoms with Crippen molar-refractivity contribution < 1.29 is 22.3 Å². The van der Waals surface area contributed by atoms with E-state index < -0.39 is 21.9 Å². The van der Waals surface area contributed by atoms with E-state index in [0.717, 1.165) is 17.7 Å². The quantitative estimate of drug-likeness (QED) is 0.895. The van der Waals surface area contributed by atoms with Crippen LogP contribution in [0, 0.1) is 5.82 Å². The highest BCUT2D eigenvalue weighted by molar-refractivity contribution is 7.89. The molecule has 0 amide bonds. The summed E-state index contributed by atoms with van der Waals surface area (Å²) in [5.41, 5.74) is 0.719. The summed E-state index contributed by atoms with van der Waals surface area (Å²) in [5, 5.41) is -0.246. The smallest absolute Gasteiger partial charge is 0.241 e. The Hall–Kier alpha value is -1.83. The third-order valence-electron chi connectivity index (χ3n) is 3.60. The van der Waals surface area contributed by atoms with Crippen molar-refractivity contribution in [1.82, 2.24) is 4.72 Å². The highest BCUT2D eigenvalue weighted by Gasteiger charge is 2.21. The summed E-state index contributed by atoms with van der Waals surface area (Å²) in [6.45, 7) is 2.64. The van der Waals surface area contributed by atoms with Gasteiger partial charge in [-0.15, -0.1) is 0 Å². The Morgan fingerprint density at radius 1 is 1.12 bits per heavy atom. The van der Waals surface area contributed by atoms with Gasteiger partial charge in [-0.05, 0) is 42.8 Å². The van der Waals surface area contributed by atoms with E-state index in [4.69, 9.17) is 21.1 Å². The molecule has 0 fully saturated rings. The fourth-order valence-corrected chi connectivity index (χ4v) is 3.85. The standard InChI is InChI=1S/C16H15ClFNO4S/c1-10(11-2-5-15-16(8-11)23-7-6-22-15)19-24(20,21)12-3-4-14(18)13(17)9-12/h2-5,8-10,19H,6-7H2,1H3/t10-/m1/s1. The van der Waals surface area contributed by atoms with Gasteiger partial charge in [0.1, 0.15) is 19.0 Å². The third-order valence-corrected chi connectivity index (χ3v) is 5.43. The Kier molecular flexibility index (Phi) is 4.67. The second kappa shape index (κ2) is 6.58. The van der Waals surface area contributed by atoms with Crippen molar-refractivity contribution in [2.75, 3.05) is 13.2 Å². The number of nitrogens with one attached hydrogen (secondary N) is 1. The molecule has 2 aromatic rings. The fourth-order valence-electron chi connectivity index (χ4n) is 2.34. The van der Waals surface area contributed by atoms with Crippen LogP contribution in [-0.4, -0.2) is 21.6 Å². The second-order valence-electron chi connectivity index (χ2n) is 5.32. The fraction of sp³-hybridized carbons (Fsp3) is 0.250. The van der Waals surface area contributed by atoms with Crippen LogP contribution in [0.4, 0.5) is 4.39 Å². The van der Waals surface area contributed by atoms with Gasteiger partial charge in [0.25, 0.3) is 0 Å². The summed E-state index contributed by atoms with van der Waals surface area (Å²) in [5.74, 6) is 0.537. The Morgan fingerprint density at radius 3 is 2.54 bits per heavy atom. The van der Waals surface area contributed by atoms with Crippen molar-refractivity contribution in [2.45, 2.75) is 17.9 Å². The molecule has 0 radical (unpaired) electrons. The number of fused-ring (bicyclic) bond motifs is 1. The lowest BCUT2D eigenvalue weighted by molar-refractivity contribution is 0.171. The van der Waals surface area contributed by atoms with Crippen LogP contribution in [0.25, 0.3) is 0 Å². The number of hydrogen-bond acceptors (Lipinski definition) is 4. The van der Waals surface area contributed by atoms with E-state index >= 15 is 0 Å². The predicted octanol–water partition coefficient (Wildman–Crippen LogP) is 3.29. The second-order valence-corrected chi connectivity index (χ2v) is 7.44. The predicted molar refractivity (Wildman–Crippen MR) is 87.6 cm³/mol. The van der Waals surface area contributed by atoms with Crippen molar-refractivity contribution in [3.63, 3.8) is 0 Å². The largest absolute Gasteiger partial charge is 0.486 e. The van der Waals surface area contributed by atoms with E-state index in [0.29, 0.717) is 24.7 Å². The van der Waals surface area contributed by atoms with Crippen LogP contribution in [0.15, 0.2) is 41.3 Å². The van der Waals surface area contributed by atoms with Gasteiger partial charge in [0.2, 0.25) is 10.0 Å². The average molecular weight is 372 g/mol. The maximum atomic E-state index is 13.2. The molecule has 1 atom stereocenters. The summed E-state index contributed by atoms with van der Waals surface area (Å²) in [6.07, 6.45) is 0. The molecule has 0 spiro atoms. The maximum absolute atomic E-state index is 13.2. The first kappa shape index (κ1) is 17.0.